The van der Waals surface area contributed by atoms with Crippen LogP contribution in [0.25, 0.3) is 11.4 Å². The Morgan fingerprint density at radius 1 is 1.18 bits per heavy atom. The van der Waals surface area contributed by atoms with Crippen molar-refractivity contribution in [1.82, 2.24) is 19.9 Å². The van der Waals surface area contributed by atoms with E-state index in [1.807, 2.05) is 6.92 Å². The van der Waals surface area contributed by atoms with Crippen LogP contribution in [-0.2, 0) is 0 Å². The summed E-state index contributed by atoms with van der Waals surface area (Å²) in [5, 5.41) is 3.04. The standard InChI is InChI=1S/C11H13N5O/c1-3-12-11-15-5-4-8(16-11)9-10(17-2)14-7-6-13-9/h4-7H,3H2,1-2H3,(H,12,15,16). The summed E-state index contributed by atoms with van der Waals surface area (Å²) < 4.78 is 5.15. The van der Waals surface area contributed by atoms with E-state index in [-0.39, 0.29) is 0 Å². The van der Waals surface area contributed by atoms with E-state index >= 15 is 0 Å². The lowest BCUT2D eigenvalue weighted by atomic mass is 10.3. The van der Waals surface area contributed by atoms with Gasteiger partial charge in [0.25, 0.3) is 0 Å². The molecule has 6 nitrogen and oxygen atoms in total. The highest BCUT2D eigenvalue weighted by molar-refractivity contribution is 5.60. The van der Waals surface area contributed by atoms with Crippen molar-refractivity contribution in [3.8, 4) is 17.3 Å². The third kappa shape index (κ3) is 2.47. The Bertz CT molecular complexity index is 503. The Hall–Kier alpha value is -2.24. The number of methoxy groups -OCH3 is 1. The lowest BCUT2D eigenvalue weighted by Gasteiger charge is -2.06. The lowest BCUT2D eigenvalue weighted by molar-refractivity contribution is 0.397. The number of anilines is 1. The minimum absolute atomic E-state index is 0.452. The highest BCUT2D eigenvalue weighted by atomic mass is 16.5. The molecule has 88 valence electrons. The number of rotatable bonds is 4. The molecule has 2 heterocycles. The highest BCUT2D eigenvalue weighted by Crippen LogP contribution is 2.23. The molecule has 0 saturated carbocycles. The first-order chi connectivity index (χ1) is 8.35. The van der Waals surface area contributed by atoms with Gasteiger partial charge in [-0.15, -0.1) is 0 Å². The number of nitrogens with zero attached hydrogens (tertiary/aromatic N) is 4. The Morgan fingerprint density at radius 3 is 2.76 bits per heavy atom. The van der Waals surface area contributed by atoms with Crippen molar-refractivity contribution < 1.29 is 4.74 Å². The summed E-state index contributed by atoms with van der Waals surface area (Å²) in [5.74, 6) is 1.02. The van der Waals surface area contributed by atoms with Gasteiger partial charge in [-0.25, -0.2) is 19.9 Å². The van der Waals surface area contributed by atoms with E-state index in [1.165, 1.54) is 0 Å². The van der Waals surface area contributed by atoms with E-state index in [2.05, 4.69) is 25.3 Å². The first-order valence-corrected chi connectivity index (χ1v) is 5.27. The molecule has 0 aliphatic heterocycles. The molecule has 0 radical (unpaired) electrons. The van der Waals surface area contributed by atoms with Crippen molar-refractivity contribution in [2.24, 2.45) is 0 Å². The minimum Gasteiger partial charge on any atom is -0.479 e. The molecule has 0 unspecified atom stereocenters. The molecule has 0 amide bonds. The Balaban J connectivity index is 2.41. The average Bonchev–Trinajstić information content (AvgIpc) is 2.39. The van der Waals surface area contributed by atoms with Crippen LogP contribution in [0.1, 0.15) is 6.92 Å². The van der Waals surface area contributed by atoms with Crippen LogP contribution >= 0.6 is 0 Å². The maximum atomic E-state index is 5.15. The van der Waals surface area contributed by atoms with Crippen LogP contribution in [0.4, 0.5) is 5.95 Å². The van der Waals surface area contributed by atoms with Gasteiger partial charge < -0.3 is 10.1 Å². The van der Waals surface area contributed by atoms with Gasteiger partial charge in [0.15, 0.2) is 5.69 Å². The smallest absolute Gasteiger partial charge is 0.241 e. The number of hydrogen-bond donors (Lipinski definition) is 1. The number of hydrogen-bond acceptors (Lipinski definition) is 6. The van der Waals surface area contributed by atoms with E-state index in [0.717, 1.165) is 6.54 Å². The molecular weight excluding hydrogens is 218 g/mol. The number of aromatic nitrogens is 4. The van der Waals surface area contributed by atoms with E-state index in [0.29, 0.717) is 23.2 Å². The molecule has 2 aromatic heterocycles. The van der Waals surface area contributed by atoms with Gasteiger partial charge in [-0.3, -0.25) is 0 Å². The van der Waals surface area contributed by atoms with E-state index in [4.69, 9.17) is 4.74 Å². The summed E-state index contributed by atoms with van der Waals surface area (Å²) in [6.45, 7) is 2.75. The first-order valence-electron chi connectivity index (χ1n) is 5.27. The monoisotopic (exact) mass is 231 g/mol. The topological polar surface area (TPSA) is 72.8 Å². The molecule has 17 heavy (non-hydrogen) atoms. The van der Waals surface area contributed by atoms with Crippen LogP contribution in [0.3, 0.4) is 0 Å². The zero-order valence-corrected chi connectivity index (χ0v) is 9.71. The molecule has 0 aliphatic rings. The minimum atomic E-state index is 0.452. The molecule has 0 spiro atoms. The van der Waals surface area contributed by atoms with Crippen molar-refractivity contribution in [2.45, 2.75) is 6.92 Å². The molecule has 0 fully saturated rings. The summed E-state index contributed by atoms with van der Waals surface area (Å²) >= 11 is 0. The molecule has 0 atom stereocenters. The molecule has 2 aromatic rings. The van der Waals surface area contributed by atoms with Gasteiger partial charge in [0.05, 0.1) is 12.8 Å². The van der Waals surface area contributed by atoms with Crippen molar-refractivity contribution in [2.75, 3.05) is 19.0 Å². The number of nitrogens with one attached hydrogen (secondary N) is 1. The second-order valence-corrected chi connectivity index (χ2v) is 3.21. The number of ether oxygens (including phenoxy) is 1. The maximum absolute atomic E-state index is 5.15. The molecule has 6 heteroatoms. The van der Waals surface area contributed by atoms with Crippen LogP contribution < -0.4 is 10.1 Å². The quantitative estimate of drug-likeness (QED) is 0.856. The molecule has 0 saturated heterocycles. The fourth-order valence-corrected chi connectivity index (χ4v) is 1.38. The van der Waals surface area contributed by atoms with Crippen LogP contribution in [0.2, 0.25) is 0 Å². The first kappa shape index (κ1) is 11.3. The summed E-state index contributed by atoms with van der Waals surface area (Å²) in [5.41, 5.74) is 1.29. The molecule has 0 aromatic carbocycles. The summed E-state index contributed by atoms with van der Waals surface area (Å²) in [4.78, 5) is 16.7. The second kappa shape index (κ2) is 5.20. The van der Waals surface area contributed by atoms with Crippen LogP contribution in [0, 0.1) is 0 Å². The van der Waals surface area contributed by atoms with E-state index in [9.17, 15) is 0 Å². The van der Waals surface area contributed by atoms with Gasteiger partial charge in [0, 0.05) is 25.1 Å². The van der Waals surface area contributed by atoms with Gasteiger partial charge >= 0.3 is 0 Å². The van der Waals surface area contributed by atoms with Crippen molar-refractivity contribution in [3.63, 3.8) is 0 Å². The summed E-state index contributed by atoms with van der Waals surface area (Å²) in [7, 11) is 1.56. The van der Waals surface area contributed by atoms with Gasteiger partial charge in [-0.05, 0) is 13.0 Å². The largest absolute Gasteiger partial charge is 0.479 e. The van der Waals surface area contributed by atoms with Crippen LogP contribution in [0.5, 0.6) is 5.88 Å². The SMILES string of the molecule is CCNc1nccc(-c2nccnc2OC)n1. The highest BCUT2D eigenvalue weighted by Gasteiger charge is 2.10. The predicted molar refractivity (Wildman–Crippen MR) is 63.8 cm³/mol. The summed E-state index contributed by atoms with van der Waals surface area (Å²) in [6.07, 6.45) is 4.86. The van der Waals surface area contributed by atoms with Gasteiger partial charge in [0.2, 0.25) is 11.8 Å². The second-order valence-electron chi connectivity index (χ2n) is 3.21. The Kier molecular flexibility index (Phi) is 3.44. The van der Waals surface area contributed by atoms with Crippen molar-refractivity contribution >= 4 is 5.95 Å². The normalized spacial score (nSPS) is 10.0. The average molecular weight is 231 g/mol. The van der Waals surface area contributed by atoms with Crippen LogP contribution in [-0.4, -0.2) is 33.6 Å². The van der Waals surface area contributed by atoms with Gasteiger partial charge in [-0.1, -0.05) is 0 Å². The molecule has 1 N–H and O–H groups in total. The lowest BCUT2D eigenvalue weighted by Crippen LogP contribution is -2.03. The zero-order chi connectivity index (χ0) is 12.1. The van der Waals surface area contributed by atoms with E-state index < -0.39 is 0 Å². The molecular formula is C11H13N5O. The fourth-order valence-electron chi connectivity index (χ4n) is 1.38. The van der Waals surface area contributed by atoms with Crippen molar-refractivity contribution in [3.05, 3.63) is 24.7 Å². The maximum Gasteiger partial charge on any atom is 0.241 e. The van der Waals surface area contributed by atoms with E-state index in [1.54, 1.807) is 31.8 Å². The third-order valence-electron chi connectivity index (χ3n) is 2.09. The van der Waals surface area contributed by atoms with Crippen LogP contribution in [0.15, 0.2) is 24.7 Å². The molecule has 2 rings (SSSR count). The fraction of sp³-hybridized carbons (Fsp3) is 0.273. The predicted octanol–water partition coefficient (Wildman–Crippen LogP) is 1.37. The van der Waals surface area contributed by atoms with Gasteiger partial charge in [-0.2, -0.15) is 0 Å². The molecule has 0 aliphatic carbocycles. The Labute approximate surface area is 99.1 Å². The van der Waals surface area contributed by atoms with Gasteiger partial charge in [0.1, 0.15) is 0 Å². The Morgan fingerprint density at radius 2 is 2.00 bits per heavy atom. The van der Waals surface area contributed by atoms with Crippen molar-refractivity contribution in [1.29, 1.82) is 0 Å². The third-order valence-corrected chi connectivity index (χ3v) is 2.09. The zero-order valence-electron chi connectivity index (χ0n) is 9.71. The summed E-state index contributed by atoms with van der Waals surface area (Å²) in [6, 6.07) is 1.77. The molecule has 0 bridgehead atoms.